The normalized spacial score (nSPS) is 12.3. The maximum absolute atomic E-state index is 13.5. The first-order chi connectivity index (χ1) is 8.52. The maximum Gasteiger partial charge on any atom is 0.257 e. The quantitative estimate of drug-likeness (QED) is 0.757. The van der Waals surface area contributed by atoms with Crippen LogP contribution in [0.5, 0.6) is 0 Å². The first-order valence-corrected chi connectivity index (χ1v) is 5.62. The number of nitrogens with zero attached hydrogens (tertiary/aromatic N) is 2. The van der Waals surface area contributed by atoms with Gasteiger partial charge in [0.1, 0.15) is 0 Å². The van der Waals surface area contributed by atoms with E-state index < -0.39 is 17.7 Å². The monoisotopic (exact) mass is 258 g/mol. The van der Waals surface area contributed by atoms with Crippen molar-refractivity contribution in [1.82, 2.24) is 9.88 Å². The standard InChI is InChI=1S/C12H16F2N2O2/c1-4-16(8(2)7-18-3)12(17)9-5-6-15-11(14)10(9)13/h5-6,8H,4,7H2,1-3H3. The summed E-state index contributed by atoms with van der Waals surface area (Å²) in [7, 11) is 1.52. The van der Waals surface area contributed by atoms with E-state index in [-0.39, 0.29) is 11.6 Å². The number of carbonyl (C=O) groups is 1. The maximum atomic E-state index is 13.5. The minimum absolute atomic E-state index is 0.219. The van der Waals surface area contributed by atoms with E-state index in [9.17, 15) is 13.6 Å². The van der Waals surface area contributed by atoms with Crippen molar-refractivity contribution in [3.05, 3.63) is 29.6 Å². The number of likely N-dealkylation sites (N-methyl/N-ethyl adjacent to an activating group) is 1. The van der Waals surface area contributed by atoms with Crippen LogP contribution in [0.25, 0.3) is 0 Å². The zero-order valence-electron chi connectivity index (χ0n) is 10.6. The van der Waals surface area contributed by atoms with Crippen molar-refractivity contribution < 1.29 is 18.3 Å². The minimum Gasteiger partial charge on any atom is -0.383 e. The molecule has 100 valence electrons. The van der Waals surface area contributed by atoms with Gasteiger partial charge in [-0.3, -0.25) is 4.79 Å². The Labute approximate surface area is 105 Å². The molecule has 4 nitrogen and oxygen atoms in total. The molecule has 0 aliphatic heterocycles. The summed E-state index contributed by atoms with van der Waals surface area (Å²) in [5.74, 6) is -3.05. The van der Waals surface area contributed by atoms with Crippen LogP contribution in [-0.2, 0) is 4.74 Å². The Morgan fingerprint density at radius 2 is 2.22 bits per heavy atom. The fourth-order valence-corrected chi connectivity index (χ4v) is 1.72. The summed E-state index contributed by atoms with van der Waals surface area (Å²) >= 11 is 0. The molecule has 1 amide bonds. The van der Waals surface area contributed by atoms with E-state index in [1.165, 1.54) is 18.1 Å². The van der Waals surface area contributed by atoms with Gasteiger partial charge in [0.25, 0.3) is 5.91 Å². The third-order valence-electron chi connectivity index (χ3n) is 2.62. The first-order valence-electron chi connectivity index (χ1n) is 5.62. The predicted octanol–water partition coefficient (Wildman–Crippen LogP) is 1.86. The second-order valence-electron chi connectivity index (χ2n) is 3.86. The Hall–Kier alpha value is -1.56. The van der Waals surface area contributed by atoms with Gasteiger partial charge in [-0.1, -0.05) is 0 Å². The Kier molecular flexibility index (Phi) is 5.15. The molecule has 6 heteroatoms. The van der Waals surface area contributed by atoms with E-state index in [0.717, 1.165) is 6.20 Å². The van der Waals surface area contributed by atoms with Crippen molar-refractivity contribution in [3.63, 3.8) is 0 Å². The zero-order valence-corrected chi connectivity index (χ0v) is 10.6. The first kappa shape index (κ1) is 14.5. The Morgan fingerprint density at radius 1 is 1.56 bits per heavy atom. The lowest BCUT2D eigenvalue weighted by Gasteiger charge is -2.27. The second-order valence-corrected chi connectivity index (χ2v) is 3.86. The number of rotatable bonds is 5. The van der Waals surface area contributed by atoms with Gasteiger partial charge in [-0.05, 0) is 19.9 Å². The number of aromatic nitrogens is 1. The Balaban J connectivity index is 3.00. The minimum atomic E-state index is -1.27. The molecule has 1 aromatic heterocycles. The zero-order chi connectivity index (χ0) is 13.7. The summed E-state index contributed by atoms with van der Waals surface area (Å²) in [6.45, 7) is 4.25. The van der Waals surface area contributed by atoms with Crippen LogP contribution in [0.15, 0.2) is 12.3 Å². The Bertz CT molecular complexity index is 427. The summed E-state index contributed by atoms with van der Waals surface area (Å²) in [4.78, 5) is 16.7. The van der Waals surface area contributed by atoms with Gasteiger partial charge in [-0.25, -0.2) is 9.37 Å². The van der Waals surface area contributed by atoms with Crippen molar-refractivity contribution in [2.24, 2.45) is 0 Å². The van der Waals surface area contributed by atoms with Crippen molar-refractivity contribution in [1.29, 1.82) is 0 Å². The highest BCUT2D eigenvalue weighted by molar-refractivity contribution is 5.94. The fraction of sp³-hybridized carbons (Fsp3) is 0.500. The van der Waals surface area contributed by atoms with Crippen LogP contribution < -0.4 is 0 Å². The molecule has 0 aromatic carbocycles. The summed E-state index contributed by atoms with van der Waals surface area (Å²) in [6.07, 6.45) is 1.07. The van der Waals surface area contributed by atoms with Gasteiger partial charge in [0.05, 0.1) is 18.2 Å². The number of amides is 1. The summed E-state index contributed by atoms with van der Waals surface area (Å²) in [6, 6.07) is 0.950. The van der Waals surface area contributed by atoms with Crippen molar-refractivity contribution in [2.45, 2.75) is 19.9 Å². The van der Waals surface area contributed by atoms with Crippen LogP contribution in [0.2, 0.25) is 0 Å². The molecular formula is C12H16F2N2O2. The number of hydrogen-bond acceptors (Lipinski definition) is 3. The topological polar surface area (TPSA) is 42.4 Å². The van der Waals surface area contributed by atoms with Crippen molar-refractivity contribution in [3.8, 4) is 0 Å². The molecule has 0 fully saturated rings. The molecule has 0 saturated carbocycles. The van der Waals surface area contributed by atoms with Gasteiger partial charge in [-0.15, -0.1) is 0 Å². The summed E-state index contributed by atoms with van der Waals surface area (Å²) in [5, 5.41) is 0. The van der Waals surface area contributed by atoms with Gasteiger partial charge >= 0.3 is 0 Å². The lowest BCUT2D eigenvalue weighted by Crippen LogP contribution is -2.41. The van der Waals surface area contributed by atoms with E-state index in [1.54, 1.807) is 13.8 Å². The van der Waals surface area contributed by atoms with Gasteiger partial charge in [0.15, 0.2) is 5.82 Å². The van der Waals surface area contributed by atoms with Crippen LogP contribution in [0.3, 0.4) is 0 Å². The molecule has 0 aliphatic rings. The average molecular weight is 258 g/mol. The molecule has 0 aliphatic carbocycles. The predicted molar refractivity (Wildman–Crippen MR) is 62.2 cm³/mol. The number of hydrogen-bond donors (Lipinski definition) is 0. The molecular weight excluding hydrogens is 242 g/mol. The van der Waals surface area contributed by atoms with E-state index in [2.05, 4.69) is 4.98 Å². The highest BCUT2D eigenvalue weighted by atomic mass is 19.2. The van der Waals surface area contributed by atoms with E-state index in [4.69, 9.17) is 4.74 Å². The van der Waals surface area contributed by atoms with Gasteiger partial charge in [0, 0.05) is 19.9 Å². The highest BCUT2D eigenvalue weighted by Crippen LogP contribution is 2.13. The van der Waals surface area contributed by atoms with E-state index >= 15 is 0 Å². The lowest BCUT2D eigenvalue weighted by atomic mass is 10.2. The molecule has 18 heavy (non-hydrogen) atoms. The molecule has 0 bridgehead atoms. The van der Waals surface area contributed by atoms with Crippen LogP contribution >= 0.6 is 0 Å². The molecule has 0 N–H and O–H groups in total. The van der Waals surface area contributed by atoms with Crippen LogP contribution in [-0.4, -0.2) is 42.1 Å². The van der Waals surface area contributed by atoms with E-state index in [0.29, 0.717) is 13.2 Å². The van der Waals surface area contributed by atoms with Crippen molar-refractivity contribution >= 4 is 5.91 Å². The molecule has 1 aromatic rings. The molecule has 0 saturated heterocycles. The molecule has 1 rings (SSSR count). The second kappa shape index (κ2) is 6.39. The number of halogens is 2. The molecule has 1 unspecified atom stereocenters. The number of carbonyl (C=O) groups excluding carboxylic acids is 1. The number of pyridine rings is 1. The van der Waals surface area contributed by atoms with Crippen LogP contribution in [0.1, 0.15) is 24.2 Å². The summed E-state index contributed by atoms with van der Waals surface area (Å²) < 4.78 is 31.4. The molecule has 0 radical (unpaired) electrons. The van der Waals surface area contributed by atoms with Crippen LogP contribution in [0, 0.1) is 11.8 Å². The molecule has 1 heterocycles. The number of ether oxygens (including phenoxy) is 1. The fourth-order valence-electron chi connectivity index (χ4n) is 1.72. The van der Waals surface area contributed by atoms with Gasteiger partial charge < -0.3 is 9.64 Å². The lowest BCUT2D eigenvalue weighted by molar-refractivity contribution is 0.0573. The largest absolute Gasteiger partial charge is 0.383 e. The molecule has 0 spiro atoms. The van der Waals surface area contributed by atoms with Crippen molar-refractivity contribution in [2.75, 3.05) is 20.3 Å². The third kappa shape index (κ3) is 3.01. The highest BCUT2D eigenvalue weighted by Gasteiger charge is 2.24. The van der Waals surface area contributed by atoms with Gasteiger partial charge in [-0.2, -0.15) is 4.39 Å². The Morgan fingerprint density at radius 3 is 2.78 bits per heavy atom. The molecule has 1 atom stereocenters. The smallest absolute Gasteiger partial charge is 0.257 e. The number of methoxy groups -OCH3 is 1. The van der Waals surface area contributed by atoms with Gasteiger partial charge in [0.2, 0.25) is 5.95 Å². The summed E-state index contributed by atoms with van der Waals surface area (Å²) in [5.41, 5.74) is -0.313. The SMILES string of the molecule is CCN(C(=O)c1ccnc(F)c1F)C(C)COC. The average Bonchev–Trinajstić information content (AvgIpc) is 2.33. The van der Waals surface area contributed by atoms with E-state index in [1.807, 2.05) is 0 Å². The third-order valence-corrected chi connectivity index (χ3v) is 2.62. The van der Waals surface area contributed by atoms with Crippen LogP contribution in [0.4, 0.5) is 8.78 Å².